The fourth-order valence-corrected chi connectivity index (χ4v) is 4.67. The summed E-state index contributed by atoms with van der Waals surface area (Å²) in [6.07, 6.45) is 1.28. The number of ether oxygens (including phenoxy) is 1. The molecule has 1 fully saturated rings. The molecule has 4 atom stereocenters. The van der Waals surface area contributed by atoms with Gasteiger partial charge in [-0.15, -0.1) is 0 Å². The van der Waals surface area contributed by atoms with Crippen LogP contribution in [0, 0.1) is 0 Å². The number of carbonyl (C=O) groups excluding carboxylic acids is 4. The molecule has 0 bridgehead atoms. The molecule has 2 aliphatic rings. The average molecular weight is 518 g/mol. The summed E-state index contributed by atoms with van der Waals surface area (Å²) in [5, 5.41) is 21.0. The predicted octanol–water partition coefficient (Wildman–Crippen LogP) is -0.0700. The Morgan fingerprint density at radius 3 is 2.73 bits per heavy atom. The lowest BCUT2D eigenvalue weighted by molar-refractivity contribution is -0.132. The van der Waals surface area contributed by atoms with Crippen LogP contribution in [0.2, 0.25) is 0 Å². The second-order valence-electron chi connectivity index (χ2n) is 9.51. The minimum absolute atomic E-state index is 0.0166. The first-order valence-corrected chi connectivity index (χ1v) is 13.1. The van der Waals surface area contributed by atoms with Crippen molar-refractivity contribution < 1.29 is 29.0 Å². The van der Waals surface area contributed by atoms with Gasteiger partial charge in [0.2, 0.25) is 17.7 Å². The van der Waals surface area contributed by atoms with Gasteiger partial charge in [0.25, 0.3) is 5.91 Å². The van der Waals surface area contributed by atoms with Gasteiger partial charge in [0.15, 0.2) is 0 Å². The largest absolute Gasteiger partial charge is 0.493 e. The van der Waals surface area contributed by atoms with Crippen molar-refractivity contribution in [1.82, 2.24) is 26.2 Å². The molecule has 0 spiro atoms. The summed E-state index contributed by atoms with van der Waals surface area (Å²) in [6, 6.07) is 4.86. The number of nitrogens with one attached hydrogen (secondary N) is 4. The minimum Gasteiger partial charge on any atom is -0.493 e. The molecule has 5 N–H and O–H groups in total. The van der Waals surface area contributed by atoms with E-state index in [9.17, 15) is 24.3 Å². The Morgan fingerprint density at radius 2 is 1.97 bits per heavy atom. The maximum Gasteiger partial charge on any atom is 0.255 e. The summed E-state index contributed by atoms with van der Waals surface area (Å²) >= 11 is 0. The van der Waals surface area contributed by atoms with Crippen molar-refractivity contribution in [3.63, 3.8) is 0 Å². The summed E-state index contributed by atoms with van der Waals surface area (Å²) in [5.41, 5.74) is 0.281. The van der Waals surface area contributed by atoms with Gasteiger partial charge in [0.1, 0.15) is 17.8 Å². The van der Waals surface area contributed by atoms with Crippen molar-refractivity contribution in [3.8, 4) is 5.75 Å². The molecular formula is C26H39N5O6. The first-order chi connectivity index (χ1) is 17.8. The van der Waals surface area contributed by atoms with Gasteiger partial charge in [-0.25, -0.2) is 0 Å². The highest BCUT2D eigenvalue weighted by atomic mass is 16.5. The number of fused-ring (bicyclic) bond motifs is 1. The number of carbonyl (C=O) groups is 4. The van der Waals surface area contributed by atoms with Crippen LogP contribution in [-0.2, 0) is 14.4 Å². The maximum absolute atomic E-state index is 13.2. The quantitative estimate of drug-likeness (QED) is 0.367. The lowest BCUT2D eigenvalue weighted by Crippen LogP contribution is -2.53. The van der Waals surface area contributed by atoms with E-state index in [0.717, 1.165) is 25.9 Å². The van der Waals surface area contributed by atoms with Gasteiger partial charge in [-0.1, -0.05) is 19.1 Å². The van der Waals surface area contributed by atoms with E-state index in [1.807, 2.05) is 0 Å². The number of hydrogen-bond donors (Lipinski definition) is 5. The Hall–Kier alpha value is -3.18. The van der Waals surface area contributed by atoms with E-state index < -0.39 is 35.9 Å². The minimum atomic E-state index is -1.13. The number of para-hydroxylation sites is 1. The molecule has 204 valence electrons. The number of hydrogen-bond acceptors (Lipinski definition) is 7. The van der Waals surface area contributed by atoms with Crippen LogP contribution in [0.1, 0.15) is 56.3 Å². The van der Waals surface area contributed by atoms with Crippen molar-refractivity contribution >= 4 is 23.6 Å². The molecule has 2 heterocycles. The number of rotatable bonds is 5. The summed E-state index contributed by atoms with van der Waals surface area (Å²) in [4.78, 5) is 53.8. The standard InChI is InChI=1S/C26H39N5O6/c1-3-31-14-6-8-18(31)16-28-25(35)20-11-12-22(33)30-23(17(2)32)26(36)27-13-7-15-37-21-10-5-4-9-19(21)24(34)29-20/h4-5,9-10,17-18,20,23,32H,3,6-8,11-16H2,1-2H3,(H,27,36)(H,28,35)(H,29,34)(H,30,33)/t17-,18+,20+,23+/m1/s1. The zero-order valence-corrected chi connectivity index (χ0v) is 21.6. The Kier molecular flexibility index (Phi) is 10.7. The van der Waals surface area contributed by atoms with Gasteiger partial charge in [-0.3, -0.25) is 24.1 Å². The molecule has 0 unspecified atom stereocenters. The molecule has 37 heavy (non-hydrogen) atoms. The highest BCUT2D eigenvalue weighted by molar-refractivity contribution is 5.99. The Labute approximate surface area is 217 Å². The SMILES string of the molecule is CCN1CCC[C@H]1CNC(=O)[C@@H]1CCC(=O)N[C@@H]([C@@H](C)O)C(=O)NCCCOc2ccccc2C(=O)N1. The van der Waals surface area contributed by atoms with Gasteiger partial charge in [0.05, 0.1) is 18.3 Å². The summed E-state index contributed by atoms with van der Waals surface area (Å²) < 4.78 is 5.78. The van der Waals surface area contributed by atoms with Crippen LogP contribution in [0.25, 0.3) is 0 Å². The molecule has 1 aromatic rings. The van der Waals surface area contributed by atoms with E-state index in [1.54, 1.807) is 24.3 Å². The fourth-order valence-electron chi connectivity index (χ4n) is 4.67. The van der Waals surface area contributed by atoms with Crippen LogP contribution >= 0.6 is 0 Å². The maximum atomic E-state index is 13.2. The normalized spacial score (nSPS) is 25.2. The fraction of sp³-hybridized carbons (Fsp3) is 0.615. The smallest absolute Gasteiger partial charge is 0.255 e. The van der Waals surface area contributed by atoms with E-state index >= 15 is 0 Å². The lowest BCUT2D eigenvalue weighted by atomic mass is 10.1. The van der Waals surface area contributed by atoms with Gasteiger partial charge >= 0.3 is 0 Å². The van der Waals surface area contributed by atoms with Crippen molar-refractivity contribution in [1.29, 1.82) is 0 Å². The Balaban J connectivity index is 1.77. The van der Waals surface area contributed by atoms with E-state index in [0.29, 0.717) is 18.7 Å². The van der Waals surface area contributed by atoms with Crippen LogP contribution < -0.4 is 26.0 Å². The molecule has 1 saturated heterocycles. The number of amides is 4. The van der Waals surface area contributed by atoms with Crippen LogP contribution in [0.15, 0.2) is 24.3 Å². The molecule has 1 aromatic carbocycles. The van der Waals surface area contributed by atoms with Gasteiger partial charge < -0.3 is 31.1 Å². The predicted molar refractivity (Wildman–Crippen MR) is 137 cm³/mol. The number of benzene rings is 1. The molecule has 4 amide bonds. The third-order valence-corrected chi connectivity index (χ3v) is 6.79. The second-order valence-corrected chi connectivity index (χ2v) is 9.51. The molecule has 0 aliphatic carbocycles. The van der Waals surface area contributed by atoms with Crippen molar-refractivity contribution in [2.75, 3.05) is 32.8 Å². The number of likely N-dealkylation sites (N-methyl/N-ethyl adjacent to an activating group) is 1. The molecule has 0 radical (unpaired) electrons. The number of nitrogens with zero attached hydrogens (tertiary/aromatic N) is 1. The Bertz CT molecular complexity index is 955. The lowest BCUT2D eigenvalue weighted by Gasteiger charge is -2.25. The van der Waals surface area contributed by atoms with Gasteiger partial charge in [-0.05, 0) is 57.8 Å². The number of likely N-dealkylation sites (tertiary alicyclic amines) is 1. The number of aliphatic hydroxyl groups is 1. The number of aliphatic hydroxyl groups excluding tert-OH is 1. The Morgan fingerprint density at radius 1 is 1.19 bits per heavy atom. The zero-order chi connectivity index (χ0) is 26.8. The zero-order valence-electron chi connectivity index (χ0n) is 21.6. The van der Waals surface area contributed by atoms with Crippen molar-refractivity contribution in [2.45, 2.75) is 70.2 Å². The first kappa shape index (κ1) is 28.4. The van der Waals surface area contributed by atoms with Crippen LogP contribution in [-0.4, -0.2) is 90.7 Å². The second kappa shape index (κ2) is 13.9. The van der Waals surface area contributed by atoms with Crippen LogP contribution in [0.3, 0.4) is 0 Å². The molecule has 11 heteroatoms. The molecular weight excluding hydrogens is 478 g/mol. The van der Waals surface area contributed by atoms with Gasteiger partial charge in [-0.2, -0.15) is 0 Å². The summed E-state index contributed by atoms with van der Waals surface area (Å²) in [5.74, 6) is -1.50. The molecule has 3 rings (SSSR count). The van der Waals surface area contributed by atoms with Crippen LogP contribution in [0.4, 0.5) is 0 Å². The van der Waals surface area contributed by atoms with E-state index in [4.69, 9.17) is 4.74 Å². The molecule has 2 aliphatic heterocycles. The molecule has 11 nitrogen and oxygen atoms in total. The third-order valence-electron chi connectivity index (χ3n) is 6.79. The van der Waals surface area contributed by atoms with E-state index in [-0.39, 0.29) is 43.5 Å². The topological polar surface area (TPSA) is 149 Å². The van der Waals surface area contributed by atoms with E-state index in [2.05, 4.69) is 33.1 Å². The van der Waals surface area contributed by atoms with Gasteiger partial charge in [0, 0.05) is 25.6 Å². The highest BCUT2D eigenvalue weighted by Gasteiger charge is 2.29. The highest BCUT2D eigenvalue weighted by Crippen LogP contribution is 2.19. The van der Waals surface area contributed by atoms with Crippen LogP contribution in [0.5, 0.6) is 5.75 Å². The first-order valence-electron chi connectivity index (χ1n) is 13.1. The average Bonchev–Trinajstić information content (AvgIpc) is 3.35. The monoisotopic (exact) mass is 517 g/mol. The van der Waals surface area contributed by atoms with Crippen molar-refractivity contribution in [2.24, 2.45) is 0 Å². The summed E-state index contributed by atoms with van der Waals surface area (Å²) in [7, 11) is 0. The molecule has 0 saturated carbocycles. The molecule has 0 aromatic heterocycles. The third kappa shape index (κ3) is 8.16. The van der Waals surface area contributed by atoms with E-state index in [1.165, 1.54) is 6.92 Å². The summed E-state index contributed by atoms with van der Waals surface area (Å²) in [6.45, 7) is 6.35. The van der Waals surface area contributed by atoms with Crippen molar-refractivity contribution in [3.05, 3.63) is 29.8 Å².